The fourth-order valence-corrected chi connectivity index (χ4v) is 2.81. The van der Waals surface area contributed by atoms with Crippen molar-refractivity contribution in [2.45, 2.75) is 25.4 Å². The first-order chi connectivity index (χ1) is 9.42. The maximum Gasteiger partial charge on any atom is 0.119 e. The van der Waals surface area contributed by atoms with Crippen LogP contribution in [0.15, 0.2) is 36.5 Å². The second-order valence-corrected chi connectivity index (χ2v) is 5.53. The van der Waals surface area contributed by atoms with E-state index in [-0.39, 0.29) is 6.10 Å². The molecule has 4 heteroatoms. The van der Waals surface area contributed by atoms with Gasteiger partial charge in [-0.2, -0.15) is 0 Å². The molecule has 3 nitrogen and oxygen atoms in total. The number of hydrogen-bond donors (Lipinski definition) is 0. The number of benzene rings is 1. The predicted molar refractivity (Wildman–Crippen MR) is 76.6 cm³/mol. The molecule has 1 fully saturated rings. The molecule has 1 aromatic heterocycles. The Kier molecular flexibility index (Phi) is 4.10. The molecule has 0 saturated carbocycles. The first kappa shape index (κ1) is 12.6. The molecule has 1 saturated heterocycles. The first-order valence-electron chi connectivity index (χ1n) is 6.67. The molecule has 0 N–H and O–H groups in total. The monoisotopic (exact) mass is 275 g/mol. The largest absolute Gasteiger partial charge is 0.491 e. The fraction of sp³-hybridized carbons (Fsp3) is 0.400. The standard InChI is InChI=1S/C15H17NO2S/c1-2-10-17-14(3-1)11-18-13-6-4-12(5-7-13)15-8-9-16-19-15/h4-9,14H,1-3,10-11H2. The van der Waals surface area contributed by atoms with Crippen LogP contribution in [0.5, 0.6) is 5.75 Å². The minimum atomic E-state index is 0.259. The van der Waals surface area contributed by atoms with E-state index in [1.165, 1.54) is 34.8 Å². The third kappa shape index (κ3) is 3.33. The van der Waals surface area contributed by atoms with Crippen LogP contribution in [0.2, 0.25) is 0 Å². The van der Waals surface area contributed by atoms with Crippen molar-refractivity contribution in [2.75, 3.05) is 13.2 Å². The van der Waals surface area contributed by atoms with E-state index in [1.807, 2.05) is 24.4 Å². The summed E-state index contributed by atoms with van der Waals surface area (Å²) in [6.07, 6.45) is 5.62. The van der Waals surface area contributed by atoms with E-state index >= 15 is 0 Å². The predicted octanol–water partition coefficient (Wildman–Crippen LogP) is 3.76. The molecule has 1 aliphatic heterocycles. The Labute approximate surface area is 117 Å². The molecule has 2 aromatic rings. The van der Waals surface area contributed by atoms with Crippen molar-refractivity contribution < 1.29 is 9.47 Å². The maximum atomic E-state index is 5.78. The van der Waals surface area contributed by atoms with Gasteiger partial charge in [0.05, 0.1) is 11.0 Å². The van der Waals surface area contributed by atoms with Gasteiger partial charge in [0.1, 0.15) is 12.4 Å². The zero-order valence-corrected chi connectivity index (χ0v) is 11.6. The van der Waals surface area contributed by atoms with Gasteiger partial charge in [0, 0.05) is 12.8 Å². The van der Waals surface area contributed by atoms with Crippen molar-refractivity contribution >= 4 is 11.5 Å². The Morgan fingerprint density at radius 1 is 1.21 bits per heavy atom. The molecule has 0 aliphatic carbocycles. The normalized spacial score (nSPS) is 19.3. The lowest BCUT2D eigenvalue weighted by molar-refractivity contribution is -0.0110. The van der Waals surface area contributed by atoms with Crippen molar-refractivity contribution in [1.82, 2.24) is 4.37 Å². The molecule has 0 radical (unpaired) electrons. The zero-order valence-electron chi connectivity index (χ0n) is 10.7. The summed E-state index contributed by atoms with van der Waals surface area (Å²) in [6, 6.07) is 10.2. The molecule has 0 bridgehead atoms. The highest BCUT2D eigenvalue weighted by atomic mass is 32.1. The minimum Gasteiger partial charge on any atom is -0.491 e. The van der Waals surface area contributed by atoms with Gasteiger partial charge < -0.3 is 9.47 Å². The summed E-state index contributed by atoms with van der Waals surface area (Å²) in [5.74, 6) is 0.905. The van der Waals surface area contributed by atoms with E-state index < -0.39 is 0 Å². The molecule has 19 heavy (non-hydrogen) atoms. The summed E-state index contributed by atoms with van der Waals surface area (Å²) >= 11 is 1.51. The first-order valence-corrected chi connectivity index (χ1v) is 7.45. The van der Waals surface area contributed by atoms with Crippen molar-refractivity contribution in [1.29, 1.82) is 0 Å². The van der Waals surface area contributed by atoms with Crippen molar-refractivity contribution in [3.05, 3.63) is 36.5 Å². The molecule has 1 aliphatic rings. The molecule has 100 valence electrons. The van der Waals surface area contributed by atoms with Gasteiger partial charge in [0.25, 0.3) is 0 Å². The Morgan fingerprint density at radius 2 is 2.11 bits per heavy atom. The van der Waals surface area contributed by atoms with E-state index in [0.717, 1.165) is 18.8 Å². The van der Waals surface area contributed by atoms with Crippen LogP contribution in [0.25, 0.3) is 10.4 Å². The summed E-state index contributed by atoms with van der Waals surface area (Å²) in [4.78, 5) is 1.18. The lowest BCUT2D eigenvalue weighted by Crippen LogP contribution is -2.25. The molecule has 0 amide bonds. The highest BCUT2D eigenvalue weighted by Gasteiger charge is 2.14. The van der Waals surface area contributed by atoms with Gasteiger partial charge in [-0.05, 0) is 66.7 Å². The van der Waals surface area contributed by atoms with Gasteiger partial charge in [-0.1, -0.05) is 0 Å². The Balaban J connectivity index is 1.57. The van der Waals surface area contributed by atoms with Crippen LogP contribution in [0.1, 0.15) is 19.3 Å². The summed E-state index contributed by atoms with van der Waals surface area (Å²) in [5.41, 5.74) is 1.18. The van der Waals surface area contributed by atoms with E-state index in [4.69, 9.17) is 9.47 Å². The Morgan fingerprint density at radius 3 is 2.79 bits per heavy atom. The molecule has 1 atom stereocenters. The fourth-order valence-electron chi connectivity index (χ4n) is 2.21. The van der Waals surface area contributed by atoms with Crippen LogP contribution in [0.3, 0.4) is 0 Å². The highest BCUT2D eigenvalue weighted by Crippen LogP contribution is 2.25. The number of nitrogens with zero attached hydrogens (tertiary/aromatic N) is 1. The average molecular weight is 275 g/mol. The Bertz CT molecular complexity index is 489. The van der Waals surface area contributed by atoms with E-state index in [1.54, 1.807) is 0 Å². The van der Waals surface area contributed by atoms with Gasteiger partial charge in [-0.15, -0.1) is 0 Å². The molecule has 0 spiro atoms. The number of ether oxygens (including phenoxy) is 2. The zero-order chi connectivity index (χ0) is 12.9. The summed E-state index contributed by atoms with van der Waals surface area (Å²) in [5, 5.41) is 0. The smallest absolute Gasteiger partial charge is 0.119 e. The quantitative estimate of drug-likeness (QED) is 0.851. The second kappa shape index (κ2) is 6.17. The summed E-state index contributed by atoms with van der Waals surface area (Å²) < 4.78 is 15.5. The molecular formula is C15H17NO2S. The molecule has 1 aromatic carbocycles. The SMILES string of the molecule is c1cc(-c2ccc(OCC3CCCCO3)cc2)sn1. The summed E-state index contributed by atoms with van der Waals surface area (Å²) in [6.45, 7) is 1.53. The molecule has 2 heterocycles. The van der Waals surface area contributed by atoms with Gasteiger partial charge in [-0.25, -0.2) is 4.37 Å². The van der Waals surface area contributed by atoms with Crippen LogP contribution in [0, 0.1) is 0 Å². The highest BCUT2D eigenvalue weighted by molar-refractivity contribution is 7.09. The van der Waals surface area contributed by atoms with Gasteiger partial charge in [0.15, 0.2) is 0 Å². The third-order valence-electron chi connectivity index (χ3n) is 3.29. The topological polar surface area (TPSA) is 31.4 Å². The average Bonchev–Trinajstić information content (AvgIpc) is 3.01. The lowest BCUT2D eigenvalue weighted by Gasteiger charge is -2.22. The molecule has 3 rings (SSSR count). The Hall–Kier alpha value is -1.39. The van der Waals surface area contributed by atoms with E-state index in [2.05, 4.69) is 16.5 Å². The third-order valence-corrected chi connectivity index (χ3v) is 4.08. The van der Waals surface area contributed by atoms with Gasteiger partial charge >= 0.3 is 0 Å². The maximum absolute atomic E-state index is 5.78. The van der Waals surface area contributed by atoms with E-state index in [0.29, 0.717) is 6.61 Å². The van der Waals surface area contributed by atoms with Gasteiger partial charge in [0.2, 0.25) is 0 Å². The number of rotatable bonds is 4. The van der Waals surface area contributed by atoms with Crippen molar-refractivity contribution in [3.8, 4) is 16.2 Å². The minimum absolute atomic E-state index is 0.259. The van der Waals surface area contributed by atoms with E-state index in [9.17, 15) is 0 Å². The van der Waals surface area contributed by atoms with Crippen LogP contribution >= 0.6 is 11.5 Å². The van der Waals surface area contributed by atoms with Crippen LogP contribution in [0.4, 0.5) is 0 Å². The van der Waals surface area contributed by atoms with Crippen LogP contribution < -0.4 is 4.74 Å². The molecular weight excluding hydrogens is 258 g/mol. The summed E-state index contributed by atoms with van der Waals surface area (Å²) in [7, 11) is 0. The van der Waals surface area contributed by atoms with Crippen LogP contribution in [-0.2, 0) is 4.74 Å². The number of aromatic nitrogens is 1. The second-order valence-electron chi connectivity index (χ2n) is 4.70. The molecule has 1 unspecified atom stereocenters. The van der Waals surface area contributed by atoms with Crippen molar-refractivity contribution in [2.24, 2.45) is 0 Å². The van der Waals surface area contributed by atoms with Crippen LogP contribution in [-0.4, -0.2) is 23.7 Å². The lowest BCUT2D eigenvalue weighted by atomic mass is 10.1. The van der Waals surface area contributed by atoms with Gasteiger partial charge in [-0.3, -0.25) is 0 Å². The number of hydrogen-bond acceptors (Lipinski definition) is 4. The van der Waals surface area contributed by atoms with Crippen molar-refractivity contribution in [3.63, 3.8) is 0 Å².